The van der Waals surface area contributed by atoms with Gasteiger partial charge < -0.3 is 9.47 Å². The van der Waals surface area contributed by atoms with Crippen LogP contribution < -0.4 is 13.8 Å². The molecule has 0 bridgehead atoms. The molecule has 1 aliphatic heterocycles. The number of fused-ring (bicyclic) bond motifs is 1. The first-order valence-electron chi connectivity index (χ1n) is 10.0. The van der Waals surface area contributed by atoms with Gasteiger partial charge in [-0.2, -0.15) is 13.2 Å². The van der Waals surface area contributed by atoms with Crippen LogP contribution in [-0.4, -0.2) is 27.9 Å². The van der Waals surface area contributed by atoms with Crippen molar-refractivity contribution in [2.24, 2.45) is 0 Å². The van der Waals surface area contributed by atoms with Crippen molar-refractivity contribution in [3.8, 4) is 22.6 Å². The van der Waals surface area contributed by atoms with Crippen LogP contribution in [0.1, 0.15) is 12.5 Å². The van der Waals surface area contributed by atoms with Crippen molar-refractivity contribution in [3.05, 3.63) is 72.0 Å². The Morgan fingerprint density at radius 1 is 1.03 bits per heavy atom. The highest BCUT2D eigenvalue weighted by Gasteiger charge is 2.35. The van der Waals surface area contributed by atoms with Gasteiger partial charge in [-0.15, -0.1) is 0 Å². The van der Waals surface area contributed by atoms with E-state index in [2.05, 4.69) is 0 Å². The Balaban J connectivity index is 1.77. The fraction of sp³-hybridized carbons (Fsp3) is 0.217. The quantitative estimate of drug-likeness (QED) is 0.417. The molecule has 34 heavy (non-hydrogen) atoms. The molecule has 0 N–H and O–H groups in total. The summed E-state index contributed by atoms with van der Waals surface area (Å²) in [6.45, 7) is 0.972. The van der Waals surface area contributed by atoms with E-state index < -0.39 is 38.8 Å². The zero-order chi connectivity index (χ0) is 24.7. The summed E-state index contributed by atoms with van der Waals surface area (Å²) in [6, 6.07) is 11.4. The van der Waals surface area contributed by atoms with Gasteiger partial charge in [0.05, 0.1) is 22.7 Å². The van der Waals surface area contributed by atoms with Crippen molar-refractivity contribution in [1.29, 1.82) is 0 Å². The van der Waals surface area contributed by atoms with Gasteiger partial charge in [0.25, 0.3) is 10.0 Å². The lowest BCUT2D eigenvalue weighted by atomic mass is 10.0. The van der Waals surface area contributed by atoms with Crippen LogP contribution >= 0.6 is 0 Å². The molecule has 3 aromatic carbocycles. The van der Waals surface area contributed by atoms with E-state index in [9.17, 15) is 30.4 Å². The van der Waals surface area contributed by atoms with Crippen LogP contribution in [0.3, 0.4) is 0 Å². The number of hydrogen-bond donors (Lipinski definition) is 0. The molecule has 1 heterocycles. The summed E-state index contributed by atoms with van der Waals surface area (Å²) in [5.74, 6) is -0.571. The van der Waals surface area contributed by atoms with Crippen molar-refractivity contribution in [3.63, 3.8) is 0 Å². The number of ether oxygens (including phenoxy) is 2. The fourth-order valence-electron chi connectivity index (χ4n) is 3.57. The van der Waals surface area contributed by atoms with Crippen molar-refractivity contribution in [1.82, 2.24) is 0 Å². The van der Waals surface area contributed by atoms with E-state index in [1.54, 1.807) is 6.07 Å². The van der Waals surface area contributed by atoms with Crippen LogP contribution in [0.25, 0.3) is 11.1 Å². The average Bonchev–Trinajstić information content (AvgIpc) is 2.77. The lowest BCUT2D eigenvalue weighted by Crippen LogP contribution is -2.38. The van der Waals surface area contributed by atoms with Crippen LogP contribution in [0.4, 0.5) is 27.6 Å². The van der Waals surface area contributed by atoms with Gasteiger partial charge in [-0.05, 0) is 53.6 Å². The molecular formula is C23H18F5NO4S. The number of rotatable bonds is 5. The first-order chi connectivity index (χ1) is 15.9. The summed E-state index contributed by atoms with van der Waals surface area (Å²) >= 11 is 0. The van der Waals surface area contributed by atoms with E-state index in [4.69, 9.17) is 9.47 Å². The number of halogens is 5. The summed E-state index contributed by atoms with van der Waals surface area (Å²) in [4.78, 5) is -0.529. The summed E-state index contributed by atoms with van der Waals surface area (Å²) in [5, 5.41) is 0. The summed E-state index contributed by atoms with van der Waals surface area (Å²) < 4.78 is 105. The fourth-order valence-corrected chi connectivity index (χ4v) is 5.07. The lowest BCUT2D eigenvalue weighted by molar-refractivity contribution is -0.137. The van der Waals surface area contributed by atoms with Gasteiger partial charge >= 0.3 is 6.18 Å². The Bertz CT molecular complexity index is 1330. The molecule has 3 aromatic rings. The molecule has 0 radical (unpaired) electrons. The number of hydrogen-bond acceptors (Lipinski definition) is 4. The van der Waals surface area contributed by atoms with Crippen molar-refractivity contribution < 1.29 is 39.8 Å². The van der Waals surface area contributed by atoms with Crippen molar-refractivity contribution in [2.75, 3.05) is 17.5 Å². The van der Waals surface area contributed by atoms with E-state index in [1.807, 2.05) is 0 Å². The molecule has 5 nitrogen and oxygen atoms in total. The number of sulfonamides is 1. The van der Waals surface area contributed by atoms with Gasteiger partial charge in [0, 0.05) is 13.0 Å². The van der Waals surface area contributed by atoms with Gasteiger partial charge in [0.1, 0.15) is 23.9 Å². The number of anilines is 1. The van der Waals surface area contributed by atoms with Crippen LogP contribution in [0.5, 0.6) is 11.5 Å². The van der Waals surface area contributed by atoms with Crippen molar-refractivity contribution >= 4 is 15.7 Å². The minimum atomic E-state index is -4.71. The van der Waals surface area contributed by atoms with Crippen LogP contribution in [0, 0.1) is 5.82 Å². The topological polar surface area (TPSA) is 55.8 Å². The zero-order valence-corrected chi connectivity index (χ0v) is 18.5. The Labute approximate surface area is 192 Å². The molecular weight excluding hydrogens is 481 g/mol. The van der Waals surface area contributed by atoms with Gasteiger partial charge in [0.15, 0.2) is 0 Å². The number of alkyl halides is 4. The first-order valence-corrected chi connectivity index (χ1v) is 11.5. The zero-order valence-electron chi connectivity index (χ0n) is 17.6. The average molecular weight is 499 g/mol. The largest absolute Gasteiger partial charge is 0.489 e. The summed E-state index contributed by atoms with van der Waals surface area (Å²) in [6.07, 6.45) is -6.39. The SMILES string of the molecule is CC(F)Oc1cc(F)cc(-c2ccc3c(c2)N(S(=O)(=O)c2cccc(C(F)(F)F)c2)CCO3)c1. The molecule has 0 aromatic heterocycles. The molecule has 1 atom stereocenters. The summed E-state index contributed by atoms with van der Waals surface area (Å²) in [5.41, 5.74) is -0.373. The van der Waals surface area contributed by atoms with Crippen molar-refractivity contribution in [2.45, 2.75) is 24.4 Å². The van der Waals surface area contributed by atoms with Gasteiger partial charge in [0.2, 0.25) is 6.36 Å². The Morgan fingerprint density at radius 3 is 2.50 bits per heavy atom. The molecule has 0 saturated carbocycles. The Kier molecular flexibility index (Phi) is 6.15. The third-order valence-corrected chi connectivity index (χ3v) is 6.84. The van der Waals surface area contributed by atoms with Crippen LogP contribution in [0.15, 0.2) is 65.6 Å². The lowest BCUT2D eigenvalue weighted by Gasteiger charge is -2.31. The normalized spacial score (nSPS) is 14.8. The van der Waals surface area contributed by atoms with Crippen LogP contribution in [-0.2, 0) is 16.2 Å². The molecule has 180 valence electrons. The first kappa shape index (κ1) is 23.8. The molecule has 11 heteroatoms. The predicted octanol–water partition coefficient (Wildman–Crippen LogP) is 5.79. The molecule has 4 rings (SSSR count). The maximum atomic E-state index is 14.1. The maximum Gasteiger partial charge on any atom is 0.416 e. The second-order valence-electron chi connectivity index (χ2n) is 7.47. The molecule has 0 aliphatic carbocycles. The van der Waals surface area contributed by atoms with E-state index in [1.165, 1.54) is 18.2 Å². The molecule has 0 amide bonds. The highest BCUT2D eigenvalue weighted by atomic mass is 32.2. The third kappa shape index (κ3) is 4.79. The van der Waals surface area contributed by atoms with Gasteiger partial charge in [-0.1, -0.05) is 12.1 Å². The standard InChI is InChI=1S/C23H18F5NO4S/c1-14(24)33-19-10-16(9-18(25)13-19)15-5-6-22-21(11-15)29(7-8-32-22)34(30,31)20-4-2-3-17(12-20)23(26,27)28/h2-6,9-14H,7-8H2,1H3. The number of nitrogens with zero attached hydrogens (tertiary/aromatic N) is 1. The van der Waals surface area contributed by atoms with E-state index in [0.717, 1.165) is 41.6 Å². The smallest absolute Gasteiger partial charge is 0.416 e. The van der Waals surface area contributed by atoms with Gasteiger partial charge in [-0.3, -0.25) is 4.31 Å². The number of benzene rings is 3. The molecule has 1 unspecified atom stereocenters. The van der Waals surface area contributed by atoms with E-state index in [0.29, 0.717) is 11.6 Å². The summed E-state index contributed by atoms with van der Waals surface area (Å²) in [7, 11) is -4.38. The maximum absolute atomic E-state index is 14.1. The molecule has 1 aliphatic rings. The minimum Gasteiger partial charge on any atom is -0.489 e. The second kappa shape index (κ2) is 8.79. The van der Waals surface area contributed by atoms with E-state index >= 15 is 0 Å². The van der Waals surface area contributed by atoms with Gasteiger partial charge in [-0.25, -0.2) is 17.2 Å². The predicted molar refractivity (Wildman–Crippen MR) is 115 cm³/mol. The molecule has 0 spiro atoms. The minimum absolute atomic E-state index is 0.0170. The Morgan fingerprint density at radius 2 is 1.79 bits per heavy atom. The highest BCUT2D eigenvalue weighted by Crippen LogP contribution is 2.40. The van der Waals surface area contributed by atoms with Crippen LogP contribution in [0.2, 0.25) is 0 Å². The second-order valence-corrected chi connectivity index (χ2v) is 9.33. The third-order valence-electron chi connectivity index (χ3n) is 5.03. The monoisotopic (exact) mass is 499 g/mol. The molecule has 0 saturated heterocycles. The Hall–Kier alpha value is -3.34. The molecule has 0 fully saturated rings. The van der Waals surface area contributed by atoms with E-state index in [-0.39, 0.29) is 35.9 Å². The highest BCUT2D eigenvalue weighted by molar-refractivity contribution is 7.92.